The fraction of sp³-hybridized carbons (Fsp3) is 0.310. The molecule has 36 heavy (non-hydrogen) atoms. The molecular weight excluding hydrogens is 496 g/mol. The Balaban J connectivity index is 1.16. The van der Waals surface area contributed by atoms with Gasteiger partial charge in [0.25, 0.3) is 0 Å². The molecule has 4 aromatic rings. The Kier molecular flexibility index (Phi) is 5.16. The summed E-state index contributed by atoms with van der Waals surface area (Å²) >= 11 is 12.9. The Morgan fingerprint density at radius 1 is 1.00 bits per heavy atom. The monoisotopic (exact) mass is 519 g/mol. The molecule has 4 nitrogen and oxygen atoms in total. The highest BCUT2D eigenvalue weighted by molar-refractivity contribution is 6.39. The molecule has 1 saturated carbocycles. The maximum atomic E-state index is 13.8. The van der Waals surface area contributed by atoms with Crippen LogP contribution in [-0.4, -0.2) is 23.2 Å². The molecule has 0 N–H and O–H groups in total. The number of piperidine rings is 1. The number of aromatic nitrogens is 2. The molecule has 7 rings (SSSR count). The molecule has 7 heteroatoms. The quantitative estimate of drug-likeness (QED) is 0.272. The van der Waals surface area contributed by atoms with Crippen LogP contribution in [0.5, 0.6) is 0 Å². The van der Waals surface area contributed by atoms with Crippen LogP contribution >= 0.6 is 23.2 Å². The number of fused-ring (bicyclic) bond motifs is 1. The van der Waals surface area contributed by atoms with Crippen LogP contribution in [-0.2, 0) is 0 Å². The van der Waals surface area contributed by atoms with Crippen LogP contribution in [0.1, 0.15) is 49.3 Å². The highest BCUT2D eigenvalue weighted by Gasteiger charge is 2.44. The number of benzene rings is 2. The minimum Gasteiger partial charge on any atom is -0.371 e. The summed E-state index contributed by atoms with van der Waals surface area (Å²) in [6.45, 7) is 2.02. The topological polar surface area (TPSA) is 42.2 Å². The number of hydrogen-bond acceptors (Lipinski definition) is 4. The normalized spacial score (nSPS) is 19.0. The van der Waals surface area contributed by atoms with E-state index >= 15 is 0 Å². The standard InChI is InChI=1S/C29H24Cl2FN3O/c30-22-13-20(32)14-23(31)26(22)27-25(28(36-34-27)17-3-4-17)19-15-29(16-19)7-10-35(11-8-29)21-5-6-24-18(12-21)2-1-9-33-24/h1-2,5-6,9,12-15,17H,3-4,7-8,10-11,16H2. The number of hydrogen-bond donors (Lipinski definition) is 0. The van der Waals surface area contributed by atoms with Gasteiger partial charge < -0.3 is 9.42 Å². The summed E-state index contributed by atoms with van der Waals surface area (Å²) in [7, 11) is 0. The van der Waals surface area contributed by atoms with Crippen molar-refractivity contribution in [3.8, 4) is 11.3 Å². The van der Waals surface area contributed by atoms with Crippen molar-refractivity contribution in [3.63, 3.8) is 0 Å². The van der Waals surface area contributed by atoms with E-state index in [4.69, 9.17) is 27.7 Å². The predicted molar refractivity (Wildman–Crippen MR) is 142 cm³/mol. The molecule has 1 saturated heterocycles. The number of anilines is 1. The van der Waals surface area contributed by atoms with E-state index in [-0.39, 0.29) is 15.5 Å². The van der Waals surface area contributed by atoms with Gasteiger partial charge in [0.1, 0.15) is 17.3 Å². The second kappa shape index (κ2) is 8.32. The van der Waals surface area contributed by atoms with Crippen LogP contribution in [0, 0.1) is 11.2 Å². The first-order valence-corrected chi connectivity index (χ1v) is 13.2. The van der Waals surface area contributed by atoms with E-state index in [1.165, 1.54) is 28.8 Å². The summed E-state index contributed by atoms with van der Waals surface area (Å²) in [6, 6.07) is 13.2. The molecule has 2 fully saturated rings. The maximum absolute atomic E-state index is 13.8. The lowest BCUT2D eigenvalue weighted by atomic mass is 9.63. The lowest BCUT2D eigenvalue weighted by molar-refractivity contribution is 0.277. The van der Waals surface area contributed by atoms with Gasteiger partial charge in [0, 0.05) is 47.4 Å². The summed E-state index contributed by atoms with van der Waals surface area (Å²) in [5.74, 6) is 0.850. The molecule has 2 aliphatic carbocycles. The number of halogens is 3. The van der Waals surface area contributed by atoms with Gasteiger partial charge in [-0.3, -0.25) is 4.98 Å². The summed E-state index contributed by atoms with van der Waals surface area (Å²) < 4.78 is 19.7. The van der Waals surface area contributed by atoms with Gasteiger partial charge in [0.15, 0.2) is 0 Å². The van der Waals surface area contributed by atoms with Gasteiger partial charge in [-0.25, -0.2) is 4.39 Å². The lowest BCUT2D eigenvalue weighted by Gasteiger charge is -2.47. The first-order valence-electron chi connectivity index (χ1n) is 12.5. The largest absolute Gasteiger partial charge is 0.371 e. The molecule has 182 valence electrons. The number of allylic oxidation sites excluding steroid dienone is 2. The Labute approximate surface area is 218 Å². The molecule has 0 unspecified atom stereocenters. The molecule has 0 bridgehead atoms. The summed E-state index contributed by atoms with van der Waals surface area (Å²) in [5.41, 5.74) is 5.92. The van der Waals surface area contributed by atoms with E-state index in [1.807, 2.05) is 12.3 Å². The van der Waals surface area contributed by atoms with Crippen molar-refractivity contribution in [2.24, 2.45) is 5.41 Å². The van der Waals surface area contributed by atoms with Crippen LogP contribution < -0.4 is 4.90 Å². The third-order valence-electron chi connectivity index (χ3n) is 7.97. The number of nitrogens with zero attached hydrogens (tertiary/aromatic N) is 3. The van der Waals surface area contributed by atoms with E-state index in [9.17, 15) is 4.39 Å². The number of rotatable bonds is 4. The molecule has 1 spiro atoms. The zero-order chi connectivity index (χ0) is 24.4. The van der Waals surface area contributed by atoms with E-state index < -0.39 is 5.82 Å². The number of pyridine rings is 1. The lowest BCUT2D eigenvalue weighted by Crippen LogP contribution is -2.42. The minimum absolute atomic E-state index is 0.190. The minimum atomic E-state index is -0.461. The van der Waals surface area contributed by atoms with Gasteiger partial charge in [-0.2, -0.15) is 0 Å². The first-order chi connectivity index (χ1) is 17.5. The van der Waals surface area contributed by atoms with Crippen molar-refractivity contribution in [2.75, 3.05) is 18.0 Å². The van der Waals surface area contributed by atoms with Crippen LogP contribution in [0.4, 0.5) is 10.1 Å². The molecule has 1 aliphatic heterocycles. The molecule has 0 atom stereocenters. The van der Waals surface area contributed by atoms with Crippen molar-refractivity contribution in [2.45, 2.75) is 38.0 Å². The zero-order valence-corrected chi connectivity index (χ0v) is 21.1. The average Bonchev–Trinajstić information content (AvgIpc) is 3.61. The second-order valence-corrected chi connectivity index (χ2v) is 11.2. The average molecular weight is 520 g/mol. The Morgan fingerprint density at radius 2 is 1.75 bits per heavy atom. The van der Waals surface area contributed by atoms with Crippen LogP contribution in [0.15, 0.2) is 59.3 Å². The Morgan fingerprint density at radius 3 is 2.47 bits per heavy atom. The van der Waals surface area contributed by atoms with Crippen molar-refractivity contribution < 1.29 is 8.91 Å². The van der Waals surface area contributed by atoms with Crippen LogP contribution in [0.2, 0.25) is 10.0 Å². The smallest absolute Gasteiger partial charge is 0.147 e. The zero-order valence-electron chi connectivity index (χ0n) is 19.6. The third-order valence-corrected chi connectivity index (χ3v) is 8.56. The third kappa shape index (κ3) is 3.72. The molecule has 3 heterocycles. The molecule has 0 radical (unpaired) electrons. The van der Waals surface area contributed by atoms with Gasteiger partial charge >= 0.3 is 0 Å². The van der Waals surface area contributed by atoms with Gasteiger partial charge in [0.05, 0.1) is 15.6 Å². The van der Waals surface area contributed by atoms with E-state index in [1.54, 1.807) is 0 Å². The van der Waals surface area contributed by atoms with Crippen molar-refractivity contribution in [1.29, 1.82) is 0 Å². The molecule has 0 amide bonds. The first kappa shape index (κ1) is 22.3. The summed E-state index contributed by atoms with van der Waals surface area (Å²) in [6.07, 6.45) is 9.62. The van der Waals surface area contributed by atoms with Crippen LogP contribution in [0.3, 0.4) is 0 Å². The molecule has 2 aromatic heterocycles. The Hall–Kier alpha value is -2.89. The summed E-state index contributed by atoms with van der Waals surface area (Å²) in [4.78, 5) is 6.91. The van der Waals surface area contributed by atoms with Gasteiger partial charge in [-0.1, -0.05) is 40.5 Å². The maximum Gasteiger partial charge on any atom is 0.147 e. The fourth-order valence-electron chi connectivity index (χ4n) is 5.85. The van der Waals surface area contributed by atoms with E-state index in [2.05, 4.69) is 45.4 Å². The van der Waals surface area contributed by atoms with Crippen molar-refractivity contribution in [3.05, 3.63) is 81.9 Å². The highest BCUT2D eigenvalue weighted by Crippen LogP contribution is 2.56. The predicted octanol–water partition coefficient (Wildman–Crippen LogP) is 8.29. The summed E-state index contributed by atoms with van der Waals surface area (Å²) in [5, 5.41) is 6.07. The van der Waals surface area contributed by atoms with Crippen molar-refractivity contribution in [1.82, 2.24) is 10.1 Å². The van der Waals surface area contributed by atoms with Gasteiger partial charge in [-0.05, 0) is 79.5 Å². The van der Waals surface area contributed by atoms with Crippen molar-refractivity contribution >= 4 is 45.4 Å². The van der Waals surface area contributed by atoms with Gasteiger partial charge in [-0.15, -0.1) is 0 Å². The second-order valence-electron chi connectivity index (χ2n) is 10.4. The van der Waals surface area contributed by atoms with Gasteiger partial charge in [0.2, 0.25) is 0 Å². The fourth-order valence-corrected chi connectivity index (χ4v) is 6.49. The van der Waals surface area contributed by atoms with E-state index in [0.717, 1.165) is 62.0 Å². The molecule has 3 aliphatic rings. The highest BCUT2D eigenvalue weighted by atomic mass is 35.5. The van der Waals surface area contributed by atoms with Crippen LogP contribution in [0.25, 0.3) is 27.7 Å². The van der Waals surface area contributed by atoms with E-state index in [0.29, 0.717) is 17.2 Å². The Bertz CT molecular complexity index is 1510. The molecular formula is C29H24Cl2FN3O. The SMILES string of the molecule is Fc1cc(Cl)c(-c2noc(C3CC3)c2C2=CC3(CCN(c4ccc5ncccc5c4)CC3)C2)c(Cl)c1. The molecule has 2 aromatic carbocycles.